The normalized spacial score (nSPS) is 8.60. The Bertz CT molecular complexity index is 95.6. The second-order valence-electron chi connectivity index (χ2n) is 2.25. The maximum absolute atomic E-state index is 3.36. The van der Waals surface area contributed by atoms with E-state index >= 15 is 0 Å². The maximum Gasteiger partial charge on any atom is 0.00966 e. The van der Waals surface area contributed by atoms with Crippen LogP contribution in [-0.2, 0) is 0 Å². The van der Waals surface area contributed by atoms with Gasteiger partial charge in [0, 0.05) is 18.2 Å². The summed E-state index contributed by atoms with van der Waals surface area (Å²) in [7, 11) is 0. The topological polar surface area (TPSA) is 0 Å². The molecule has 0 aromatic rings. The molecule has 0 nitrogen and oxygen atoms in total. The van der Waals surface area contributed by atoms with Crippen molar-refractivity contribution in [3.05, 3.63) is 0 Å². The Morgan fingerprint density at radius 2 is 1.70 bits per heavy atom. The quantitative estimate of drug-likeness (QED) is 0.373. The number of rotatable bonds is 4. The van der Waals surface area contributed by atoms with E-state index in [0.29, 0.717) is 0 Å². The highest BCUT2D eigenvalue weighted by molar-refractivity contribution is 9.09. The van der Waals surface area contributed by atoms with Crippen molar-refractivity contribution in [2.75, 3.05) is 5.33 Å². The van der Waals surface area contributed by atoms with E-state index in [0.717, 1.165) is 18.2 Å². The van der Waals surface area contributed by atoms with Gasteiger partial charge in [-0.15, -0.1) is 11.8 Å². The van der Waals surface area contributed by atoms with Crippen molar-refractivity contribution in [3.63, 3.8) is 0 Å². The van der Waals surface area contributed by atoms with Crippen LogP contribution in [0, 0.1) is 11.8 Å². The van der Waals surface area contributed by atoms with E-state index in [1.807, 2.05) is 0 Å². The summed E-state index contributed by atoms with van der Waals surface area (Å²) < 4.78 is 0. The Morgan fingerprint density at radius 3 is 2.20 bits per heavy atom. The van der Waals surface area contributed by atoms with E-state index < -0.39 is 0 Å². The lowest BCUT2D eigenvalue weighted by Gasteiger charge is -1.84. The number of unbranched alkanes of at least 4 members (excludes halogenated alkanes) is 3. The predicted molar refractivity (Wildman–Crippen MR) is 50.3 cm³/mol. The molecule has 0 radical (unpaired) electrons. The fourth-order valence-electron chi connectivity index (χ4n) is 0.597. The van der Waals surface area contributed by atoms with E-state index in [1.54, 1.807) is 0 Å². The summed E-state index contributed by atoms with van der Waals surface area (Å²) in [6.45, 7) is 2.19. The zero-order chi connectivity index (χ0) is 7.66. The second kappa shape index (κ2) is 9.04. The third-order valence-electron chi connectivity index (χ3n) is 1.22. The lowest BCUT2D eigenvalue weighted by Crippen LogP contribution is -1.71. The molecule has 0 saturated heterocycles. The molecule has 0 heterocycles. The summed E-state index contributed by atoms with van der Waals surface area (Å²) >= 11 is 3.36. The standard InChI is InChI=1S/C9H15Br/c1-2-3-4-5-6-7-8-9-10/h2-4,7-9H2,1H3. The summed E-state index contributed by atoms with van der Waals surface area (Å²) in [6.07, 6.45) is 5.82. The van der Waals surface area contributed by atoms with E-state index in [1.165, 1.54) is 19.3 Å². The first-order valence-corrected chi connectivity index (χ1v) is 5.05. The molecule has 0 unspecified atom stereocenters. The number of halogens is 1. The van der Waals surface area contributed by atoms with Gasteiger partial charge in [-0.25, -0.2) is 0 Å². The van der Waals surface area contributed by atoms with Gasteiger partial charge >= 0.3 is 0 Å². The first-order valence-electron chi connectivity index (χ1n) is 3.93. The van der Waals surface area contributed by atoms with Gasteiger partial charge in [-0.05, 0) is 12.8 Å². The van der Waals surface area contributed by atoms with Gasteiger partial charge in [-0.3, -0.25) is 0 Å². The molecule has 0 fully saturated rings. The first kappa shape index (κ1) is 10.0. The molecule has 0 N–H and O–H groups in total. The Kier molecular flexibility index (Phi) is 9.08. The largest absolute Gasteiger partial charge is 0.103 e. The predicted octanol–water partition coefficient (Wildman–Crippen LogP) is 3.36. The van der Waals surface area contributed by atoms with Crippen LogP contribution in [0.5, 0.6) is 0 Å². The van der Waals surface area contributed by atoms with Crippen molar-refractivity contribution in [2.24, 2.45) is 0 Å². The summed E-state index contributed by atoms with van der Waals surface area (Å²) in [6, 6.07) is 0. The smallest absolute Gasteiger partial charge is 0.00966 e. The Labute approximate surface area is 72.5 Å². The molecule has 0 bridgehead atoms. The third-order valence-corrected chi connectivity index (χ3v) is 1.78. The third kappa shape index (κ3) is 8.04. The van der Waals surface area contributed by atoms with Gasteiger partial charge in [-0.2, -0.15) is 0 Å². The van der Waals surface area contributed by atoms with Crippen molar-refractivity contribution < 1.29 is 0 Å². The molecule has 0 aromatic carbocycles. The molecule has 0 aliphatic heterocycles. The second-order valence-corrected chi connectivity index (χ2v) is 3.04. The Hall–Kier alpha value is 0.0400. The molecule has 58 valence electrons. The Balaban J connectivity index is 2.98. The molecule has 0 atom stereocenters. The van der Waals surface area contributed by atoms with Gasteiger partial charge in [0.15, 0.2) is 0 Å². The lowest BCUT2D eigenvalue weighted by molar-refractivity contribution is 0.827. The average molecular weight is 203 g/mol. The van der Waals surface area contributed by atoms with Crippen LogP contribution < -0.4 is 0 Å². The molecule has 0 aliphatic carbocycles. The van der Waals surface area contributed by atoms with Crippen molar-refractivity contribution in [1.82, 2.24) is 0 Å². The van der Waals surface area contributed by atoms with Crippen LogP contribution in [0.2, 0.25) is 0 Å². The van der Waals surface area contributed by atoms with Crippen molar-refractivity contribution in [1.29, 1.82) is 0 Å². The van der Waals surface area contributed by atoms with Crippen LogP contribution in [0.4, 0.5) is 0 Å². The number of alkyl halides is 1. The van der Waals surface area contributed by atoms with Gasteiger partial charge in [0.1, 0.15) is 0 Å². The number of hydrogen-bond acceptors (Lipinski definition) is 0. The van der Waals surface area contributed by atoms with Gasteiger partial charge in [0.2, 0.25) is 0 Å². The molecule has 1 heteroatoms. The van der Waals surface area contributed by atoms with Crippen LogP contribution in [0.25, 0.3) is 0 Å². The molecular weight excluding hydrogens is 188 g/mol. The van der Waals surface area contributed by atoms with Crippen LogP contribution in [0.3, 0.4) is 0 Å². The minimum Gasteiger partial charge on any atom is -0.103 e. The van der Waals surface area contributed by atoms with Crippen LogP contribution >= 0.6 is 15.9 Å². The van der Waals surface area contributed by atoms with Crippen LogP contribution in [-0.4, -0.2) is 5.33 Å². The van der Waals surface area contributed by atoms with Gasteiger partial charge in [0.25, 0.3) is 0 Å². The monoisotopic (exact) mass is 202 g/mol. The molecule has 0 spiro atoms. The number of hydrogen-bond donors (Lipinski definition) is 0. The van der Waals surface area contributed by atoms with E-state index in [4.69, 9.17) is 0 Å². The zero-order valence-electron chi connectivity index (χ0n) is 6.62. The molecule has 0 rings (SSSR count). The highest BCUT2D eigenvalue weighted by Crippen LogP contribution is 1.93. The van der Waals surface area contributed by atoms with Crippen LogP contribution in [0.1, 0.15) is 39.0 Å². The molecular formula is C9H15Br. The highest BCUT2D eigenvalue weighted by atomic mass is 79.9. The SMILES string of the molecule is CCCCC#CCCCBr. The molecule has 0 aromatic heterocycles. The average Bonchev–Trinajstić information content (AvgIpc) is 1.97. The minimum absolute atomic E-state index is 1.05. The fraction of sp³-hybridized carbons (Fsp3) is 0.778. The summed E-state index contributed by atoms with van der Waals surface area (Å²) in [5, 5.41) is 1.08. The summed E-state index contributed by atoms with van der Waals surface area (Å²) in [5.41, 5.74) is 0. The van der Waals surface area contributed by atoms with E-state index in [2.05, 4.69) is 34.7 Å². The van der Waals surface area contributed by atoms with Crippen LogP contribution in [0.15, 0.2) is 0 Å². The zero-order valence-corrected chi connectivity index (χ0v) is 8.21. The van der Waals surface area contributed by atoms with Gasteiger partial charge < -0.3 is 0 Å². The Morgan fingerprint density at radius 1 is 1.10 bits per heavy atom. The van der Waals surface area contributed by atoms with E-state index in [9.17, 15) is 0 Å². The maximum atomic E-state index is 3.36. The summed E-state index contributed by atoms with van der Waals surface area (Å²) in [4.78, 5) is 0. The van der Waals surface area contributed by atoms with Gasteiger partial charge in [-0.1, -0.05) is 29.3 Å². The van der Waals surface area contributed by atoms with Gasteiger partial charge in [0.05, 0.1) is 0 Å². The molecule has 0 amide bonds. The highest BCUT2D eigenvalue weighted by Gasteiger charge is 1.78. The van der Waals surface area contributed by atoms with Crippen molar-refractivity contribution in [2.45, 2.75) is 39.0 Å². The minimum atomic E-state index is 1.05. The molecule has 10 heavy (non-hydrogen) atoms. The van der Waals surface area contributed by atoms with Crippen molar-refractivity contribution in [3.8, 4) is 11.8 Å². The first-order chi connectivity index (χ1) is 4.91. The van der Waals surface area contributed by atoms with Crippen molar-refractivity contribution >= 4 is 15.9 Å². The molecule has 0 saturated carbocycles. The van der Waals surface area contributed by atoms with E-state index in [-0.39, 0.29) is 0 Å². The fourth-order valence-corrected chi connectivity index (χ4v) is 0.878. The summed E-state index contributed by atoms with van der Waals surface area (Å²) in [5.74, 6) is 6.29. The molecule has 0 aliphatic rings. The lowest BCUT2D eigenvalue weighted by atomic mass is 10.2.